The molecule has 0 spiro atoms. The van der Waals surface area contributed by atoms with Gasteiger partial charge < -0.3 is 19.3 Å². The maximum absolute atomic E-state index is 12.6. The molecule has 0 aromatic heterocycles. The standard InChI is InChI=1S/C22H25BrO5/c1-26-22-19(24)17(13-12-15-8-4-2-5-9-15)20(18(14-23)27-22)28-21(25)16-10-6-3-7-11-16/h2-11,17-20,22,24H,12-14H2,1H3/t17-,18+,19-,20-,22-/m0/s1. The third kappa shape index (κ3) is 5.00. The van der Waals surface area contributed by atoms with E-state index in [9.17, 15) is 9.90 Å². The van der Waals surface area contributed by atoms with Crippen LogP contribution in [0.1, 0.15) is 22.3 Å². The van der Waals surface area contributed by atoms with E-state index in [1.807, 2.05) is 36.4 Å². The maximum atomic E-state index is 12.6. The van der Waals surface area contributed by atoms with E-state index < -0.39 is 30.6 Å². The van der Waals surface area contributed by atoms with Crippen molar-refractivity contribution in [1.82, 2.24) is 0 Å². The number of aliphatic hydroxyl groups is 1. The number of esters is 1. The molecule has 2 aromatic carbocycles. The molecule has 28 heavy (non-hydrogen) atoms. The van der Waals surface area contributed by atoms with E-state index in [4.69, 9.17) is 14.2 Å². The van der Waals surface area contributed by atoms with Crippen LogP contribution >= 0.6 is 15.9 Å². The number of alkyl halides is 1. The smallest absolute Gasteiger partial charge is 0.338 e. The number of halogens is 1. The van der Waals surface area contributed by atoms with Crippen LogP contribution in [0.2, 0.25) is 0 Å². The van der Waals surface area contributed by atoms with Crippen molar-refractivity contribution in [1.29, 1.82) is 0 Å². The quantitative estimate of drug-likeness (QED) is 0.517. The molecule has 1 fully saturated rings. The number of hydrogen-bond donors (Lipinski definition) is 1. The van der Waals surface area contributed by atoms with Gasteiger partial charge >= 0.3 is 5.97 Å². The lowest BCUT2D eigenvalue weighted by Gasteiger charge is -2.43. The third-order valence-electron chi connectivity index (χ3n) is 5.06. The topological polar surface area (TPSA) is 65.0 Å². The molecule has 5 nitrogen and oxygen atoms in total. The van der Waals surface area contributed by atoms with Gasteiger partial charge in [-0.15, -0.1) is 0 Å². The highest BCUT2D eigenvalue weighted by Crippen LogP contribution is 2.33. The van der Waals surface area contributed by atoms with Gasteiger partial charge in [-0.2, -0.15) is 0 Å². The summed E-state index contributed by atoms with van der Waals surface area (Å²) in [5.74, 6) is -0.734. The maximum Gasteiger partial charge on any atom is 0.338 e. The summed E-state index contributed by atoms with van der Waals surface area (Å²) in [5, 5.41) is 11.3. The summed E-state index contributed by atoms with van der Waals surface area (Å²) in [7, 11) is 1.50. The number of ether oxygens (including phenoxy) is 3. The molecule has 0 amide bonds. The largest absolute Gasteiger partial charge is 0.456 e. The molecule has 1 aliphatic rings. The minimum atomic E-state index is -0.891. The molecular formula is C22H25BrO5. The number of benzene rings is 2. The monoisotopic (exact) mass is 448 g/mol. The fourth-order valence-corrected chi connectivity index (χ4v) is 4.08. The van der Waals surface area contributed by atoms with Gasteiger partial charge in [0.2, 0.25) is 0 Å². The Morgan fingerprint density at radius 1 is 1.11 bits per heavy atom. The van der Waals surface area contributed by atoms with E-state index in [1.54, 1.807) is 24.3 Å². The summed E-state index contributed by atoms with van der Waals surface area (Å²) in [4.78, 5) is 12.6. The first-order valence-corrected chi connectivity index (χ1v) is 10.5. The lowest BCUT2D eigenvalue weighted by molar-refractivity contribution is -0.272. The molecule has 0 bridgehead atoms. The fraction of sp³-hybridized carbons (Fsp3) is 0.409. The number of methoxy groups -OCH3 is 1. The Labute approximate surface area is 173 Å². The van der Waals surface area contributed by atoms with Gasteiger partial charge in [-0.1, -0.05) is 64.5 Å². The van der Waals surface area contributed by atoms with E-state index in [2.05, 4.69) is 15.9 Å². The predicted molar refractivity (Wildman–Crippen MR) is 109 cm³/mol. The van der Waals surface area contributed by atoms with Crippen LogP contribution in [-0.4, -0.2) is 48.1 Å². The number of carbonyl (C=O) groups is 1. The number of aliphatic hydroxyl groups excluding tert-OH is 1. The number of hydrogen-bond acceptors (Lipinski definition) is 5. The van der Waals surface area contributed by atoms with Gasteiger partial charge in [0.25, 0.3) is 0 Å². The Kier molecular flexibility index (Phi) is 7.62. The van der Waals surface area contributed by atoms with Gasteiger partial charge in [-0.05, 0) is 30.5 Å². The molecule has 3 rings (SSSR count). The second-order valence-electron chi connectivity index (χ2n) is 6.85. The van der Waals surface area contributed by atoms with Gasteiger partial charge in [0.05, 0.1) is 5.56 Å². The van der Waals surface area contributed by atoms with Gasteiger partial charge in [0.15, 0.2) is 6.29 Å². The molecule has 1 aliphatic heterocycles. The van der Waals surface area contributed by atoms with Crippen molar-refractivity contribution in [3.05, 3.63) is 71.8 Å². The summed E-state index contributed by atoms with van der Waals surface area (Å²) < 4.78 is 17.0. The van der Waals surface area contributed by atoms with Gasteiger partial charge in [0.1, 0.15) is 18.3 Å². The first kappa shape index (κ1) is 21.0. The Bertz CT molecular complexity index is 739. The zero-order chi connectivity index (χ0) is 19.9. The SMILES string of the molecule is CO[C@H]1O[C@H](CBr)[C@@H](OC(=O)c2ccccc2)[C@@H](CCc2ccccc2)[C@@H]1O. The number of carbonyl (C=O) groups excluding carboxylic acids is 1. The van der Waals surface area contributed by atoms with Crippen LogP contribution in [0.3, 0.4) is 0 Å². The first-order chi connectivity index (χ1) is 13.6. The predicted octanol–water partition coefficient (Wildman–Crippen LogP) is 3.59. The zero-order valence-electron chi connectivity index (χ0n) is 15.7. The minimum Gasteiger partial charge on any atom is -0.456 e. The highest BCUT2D eigenvalue weighted by Gasteiger charge is 2.46. The molecule has 0 unspecified atom stereocenters. The molecule has 1 heterocycles. The summed E-state index contributed by atoms with van der Waals surface area (Å²) in [6.45, 7) is 0. The molecule has 1 saturated heterocycles. The Hall–Kier alpha value is -1.73. The second kappa shape index (κ2) is 10.2. The Morgan fingerprint density at radius 3 is 2.36 bits per heavy atom. The Morgan fingerprint density at radius 2 is 1.75 bits per heavy atom. The van der Waals surface area contributed by atoms with Crippen LogP contribution in [0.15, 0.2) is 60.7 Å². The summed E-state index contributed by atoms with van der Waals surface area (Å²) in [6.07, 6.45) is -1.25. The van der Waals surface area contributed by atoms with Crippen LogP contribution in [0.25, 0.3) is 0 Å². The summed E-state index contributed by atoms with van der Waals surface area (Å²) >= 11 is 3.44. The molecule has 150 valence electrons. The van der Waals surface area contributed by atoms with Gasteiger partial charge in [-0.3, -0.25) is 0 Å². The van der Waals surface area contributed by atoms with Crippen LogP contribution in [0, 0.1) is 5.92 Å². The lowest BCUT2D eigenvalue weighted by atomic mass is 9.84. The molecule has 0 aliphatic carbocycles. The first-order valence-electron chi connectivity index (χ1n) is 9.36. The van der Waals surface area contributed by atoms with Crippen molar-refractivity contribution in [2.24, 2.45) is 5.92 Å². The fourth-order valence-electron chi connectivity index (χ4n) is 3.56. The summed E-state index contributed by atoms with van der Waals surface area (Å²) in [5.41, 5.74) is 1.64. The van der Waals surface area contributed by atoms with Crippen LogP contribution < -0.4 is 0 Å². The van der Waals surface area contributed by atoms with E-state index in [0.29, 0.717) is 17.3 Å². The van der Waals surface area contributed by atoms with Crippen LogP contribution in [-0.2, 0) is 20.6 Å². The van der Waals surface area contributed by atoms with E-state index in [1.165, 1.54) is 12.7 Å². The van der Waals surface area contributed by atoms with Gasteiger partial charge in [0, 0.05) is 18.4 Å². The van der Waals surface area contributed by atoms with Crippen LogP contribution in [0.5, 0.6) is 0 Å². The van der Waals surface area contributed by atoms with Gasteiger partial charge in [-0.25, -0.2) is 4.79 Å². The van der Waals surface area contributed by atoms with Crippen molar-refractivity contribution in [3.63, 3.8) is 0 Å². The zero-order valence-corrected chi connectivity index (χ0v) is 17.3. The van der Waals surface area contributed by atoms with E-state index >= 15 is 0 Å². The van der Waals surface area contributed by atoms with E-state index in [0.717, 1.165) is 6.42 Å². The van der Waals surface area contributed by atoms with Crippen molar-refractivity contribution in [2.75, 3.05) is 12.4 Å². The average Bonchev–Trinajstić information content (AvgIpc) is 2.75. The average molecular weight is 449 g/mol. The highest BCUT2D eigenvalue weighted by atomic mass is 79.9. The van der Waals surface area contributed by atoms with Crippen molar-refractivity contribution in [2.45, 2.75) is 37.4 Å². The number of rotatable bonds is 7. The molecular weight excluding hydrogens is 424 g/mol. The lowest BCUT2D eigenvalue weighted by Crippen LogP contribution is -2.56. The van der Waals surface area contributed by atoms with Crippen molar-refractivity contribution < 1.29 is 24.1 Å². The van der Waals surface area contributed by atoms with Crippen molar-refractivity contribution >= 4 is 21.9 Å². The minimum absolute atomic E-state index is 0.311. The Balaban J connectivity index is 1.79. The summed E-state index contributed by atoms with van der Waals surface area (Å²) in [6, 6.07) is 18.9. The third-order valence-corrected chi connectivity index (χ3v) is 5.70. The van der Waals surface area contributed by atoms with Crippen molar-refractivity contribution in [3.8, 4) is 0 Å². The molecule has 5 atom stereocenters. The van der Waals surface area contributed by atoms with E-state index in [-0.39, 0.29) is 5.92 Å². The normalized spacial score (nSPS) is 27.3. The molecule has 1 N–H and O–H groups in total. The molecule has 6 heteroatoms. The van der Waals surface area contributed by atoms with Crippen LogP contribution in [0.4, 0.5) is 0 Å². The highest BCUT2D eigenvalue weighted by molar-refractivity contribution is 9.09. The second-order valence-corrected chi connectivity index (χ2v) is 7.50. The molecule has 2 aromatic rings. The number of aryl methyl sites for hydroxylation is 1. The molecule has 0 radical (unpaired) electrons. The molecule has 0 saturated carbocycles.